The van der Waals surface area contributed by atoms with E-state index < -0.39 is 5.60 Å². The molecule has 5 nitrogen and oxygen atoms in total. The number of piperidine rings is 1. The zero-order valence-electron chi connectivity index (χ0n) is 11.1. The van der Waals surface area contributed by atoms with E-state index in [0.717, 1.165) is 25.9 Å². The Hall–Kier alpha value is -0.810. The van der Waals surface area contributed by atoms with Gasteiger partial charge in [-0.2, -0.15) is 0 Å². The number of carbonyl (C=O) groups excluding carboxylic acids is 1. The lowest BCUT2D eigenvalue weighted by Gasteiger charge is -2.37. The molecule has 0 aromatic rings. The highest BCUT2D eigenvalue weighted by Gasteiger charge is 2.27. The first kappa shape index (κ1) is 14.3. The van der Waals surface area contributed by atoms with Crippen molar-refractivity contribution >= 4 is 6.09 Å². The molecule has 1 rings (SSSR count). The minimum Gasteiger partial charge on any atom is -0.443 e. The number of aliphatic hydroxyl groups excluding tert-OH is 1. The Bertz CT molecular complexity index is 245. The lowest BCUT2D eigenvalue weighted by Crippen LogP contribution is -2.51. The van der Waals surface area contributed by atoms with Gasteiger partial charge in [-0.3, -0.25) is 0 Å². The molecule has 0 saturated carbocycles. The van der Waals surface area contributed by atoms with Gasteiger partial charge in [-0.1, -0.05) is 6.42 Å². The predicted molar refractivity (Wildman–Crippen MR) is 65.4 cm³/mol. The third-order valence-electron chi connectivity index (χ3n) is 2.59. The predicted octanol–water partition coefficient (Wildman–Crippen LogP) is 1.62. The average Bonchev–Trinajstić information content (AvgIpc) is 2.24. The SMILES string of the molecule is CC(C)(C)OC(=O)N(CCO)N1CCCCC1. The molecule has 1 amide bonds. The van der Waals surface area contributed by atoms with Gasteiger partial charge in [0.2, 0.25) is 0 Å². The van der Waals surface area contributed by atoms with E-state index in [2.05, 4.69) is 0 Å². The van der Waals surface area contributed by atoms with Crippen LogP contribution in [0.5, 0.6) is 0 Å². The van der Waals surface area contributed by atoms with Crippen LogP contribution in [0.3, 0.4) is 0 Å². The van der Waals surface area contributed by atoms with Gasteiger partial charge in [-0.15, -0.1) is 0 Å². The highest BCUT2D eigenvalue weighted by atomic mass is 16.6. The first-order valence-electron chi connectivity index (χ1n) is 6.30. The highest BCUT2D eigenvalue weighted by molar-refractivity contribution is 5.67. The van der Waals surface area contributed by atoms with Crippen molar-refractivity contribution in [1.29, 1.82) is 0 Å². The van der Waals surface area contributed by atoms with Gasteiger partial charge < -0.3 is 9.84 Å². The van der Waals surface area contributed by atoms with Crippen LogP contribution < -0.4 is 0 Å². The summed E-state index contributed by atoms with van der Waals surface area (Å²) in [6, 6.07) is 0. The number of hydrogen-bond acceptors (Lipinski definition) is 4. The minimum absolute atomic E-state index is 0.0459. The fourth-order valence-electron chi connectivity index (χ4n) is 1.88. The van der Waals surface area contributed by atoms with Crippen LogP contribution in [0.15, 0.2) is 0 Å². The average molecular weight is 244 g/mol. The molecule has 17 heavy (non-hydrogen) atoms. The molecule has 1 aliphatic heterocycles. The minimum atomic E-state index is -0.499. The van der Waals surface area contributed by atoms with Gasteiger partial charge in [0.15, 0.2) is 0 Å². The molecule has 1 heterocycles. The number of hydrazine groups is 1. The van der Waals surface area contributed by atoms with Gasteiger partial charge in [0, 0.05) is 13.1 Å². The molecule has 100 valence electrons. The monoisotopic (exact) mass is 244 g/mol. The van der Waals surface area contributed by atoms with E-state index in [1.807, 2.05) is 25.8 Å². The smallest absolute Gasteiger partial charge is 0.425 e. The van der Waals surface area contributed by atoms with Crippen molar-refractivity contribution in [2.24, 2.45) is 0 Å². The Labute approximate surface area is 103 Å². The molecule has 1 aliphatic rings. The van der Waals surface area contributed by atoms with E-state index in [0.29, 0.717) is 6.54 Å². The van der Waals surface area contributed by atoms with E-state index in [1.165, 1.54) is 11.4 Å². The van der Waals surface area contributed by atoms with Crippen LogP contribution in [0.25, 0.3) is 0 Å². The molecule has 0 aliphatic carbocycles. The van der Waals surface area contributed by atoms with E-state index in [-0.39, 0.29) is 12.7 Å². The van der Waals surface area contributed by atoms with Crippen LogP contribution in [0.1, 0.15) is 40.0 Å². The van der Waals surface area contributed by atoms with Gasteiger partial charge in [-0.25, -0.2) is 14.8 Å². The molecule has 0 unspecified atom stereocenters. The summed E-state index contributed by atoms with van der Waals surface area (Å²) in [7, 11) is 0. The molecule has 1 fully saturated rings. The molecule has 0 atom stereocenters. The molecule has 0 aromatic carbocycles. The number of nitrogens with zero attached hydrogens (tertiary/aromatic N) is 2. The van der Waals surface area contributed by atoms with Crippen molar-refractivity contribution < 1.29 is 14.6 Å². The van der Waals surface area contributed by atoms with Gasteiger partial charge in [0.05, 0.1) is 13.2 Å². The highest BCUT2D eigenvalue weighted by Crippen LogP contribution is 2.15. The summed E-state index contributed by atoms with van der Waals surface area (Å²) in [5.41, 5.74) is -0.499. The summed E-state index contributed by atoms with van der Waals surface area (Å²) in [4.78, 5) is 12.0. The lowest BCUT2D eigenvalue weighted by molar-refractivity contribution is -0.0640. The zero-order valence-corrected chi connectivity index (χ0v) is 11.1. The fraction of sp³-hybridized carbons (Fsp3) is 0.917. The van der Waals surface area contributed by atoms with E-state index in [9.17, 15) is 4.79 Å². The summed E-state index contributed by atoms with van der Waals surface area (Å²) in [5.74, 6) is 0. The third-order valence-corrected chi connectivity index (χ3v) is 2.59. The van der Waals surface area contributed by atoms with Crippen LogP contribution in [0.4, 0.5) is 4.79 Å². The first-order valence-corrected chi connectivity index (χ1v) is 6.30. The molecule has 1 saturated heterocycles. The summed E-state index contributed by atoms with van der Waals surface area (Å²) in [6.45, 7) is 7.51. The van der Waals surface area contributed by atoms with E-state index >= 15 is 0 Å². The molecule has 0 radical (unpaired) electrons. The topological polar surface area (TPSA) is 53.0 Å². The summed E-state index contributed by atoms with van der Waals surface area (Å²) in [6.07, 6.45) is 3.02. The summed E-state index contributed by atoms with van der Waals surface area (Å²) >= 11 is 0. The Kier molecular flexibility index (Phi) is 5.21. The van der Waals surface area contributed by atoms with Crippen molar-refractivity contribution in [2.75, 3.05) is 26.2 Å². The van der Waals surface area contributed by atoms with Gasteiger partial charge in [0.1, 0.15) is 5.60 Å². The second-order valence-electron chi connectivity index (χ2n) is 5.34. The van der Waals surface area contributed by atoms with Crippen LogP contribution in [0, 0.1) is 0 Å². The maximum atomic E-state index is 12.0. The number of amides is 1. The van der Waals surface area contributed by atoms with Crippen LogP contribution in [0.2, 0.25) is 0 Å². The van der Waals surface area contributed by atoms with Crippen molar-refractivity contribution in [2.45, 2.75) is 45.6 Å². The third kappa shape index (κ3) is 4.91. The van der Waals surface area contributed by atoms with E-state index in [4.69, 9.17) is 9.84 Å². The quantitative estimate of drug-likeness (QED) is 0.819. The van der Waals surface area contributed by atoms with Gasteiger partial charge in [-0.05, 0) is 33.6 Å². The summed E-state index contributed by atoms with van der Waals surface area (Å²) < 4.78 is 5.34. The number of ether oxygens (including phenoxy) is 1. The van der Waals surface area contributed by atoms with E-state index in [1.54, 1.807) is 0 Å². The second-order valence-corrected chi connectivity index (χ2v) is 5.34. The standard InChI is InChI=1S/C12H24N2O3/c1-12(2,3)17-11(16)14(9-10-15)13-7-5-4-6-8-13/h15H,4-10H2,1-3H3. The second kappa shape index (κ2) is 6.21. The van der Waals surface area contributed by atoms with Gasteiger partial charge >= 0.3 is 6.09 Å². The Morgan fingerprint density at radius 1 is 1.29 bits per heavy atom. The zero-order chi connectivity index (χ0) is 12.9. The Morgan fingerprint density at radius 2 is 1.88 bits per heavy atom. The van der Waals surface area contributed by atoms with Crippen LogP contribution >= 0.6 is 0 Å². The normalized spacial score (nSPS) is 17.9. The van der Waals surface area contributed by atoms with Crippen molar-refractivity contribution in [3.8, 4) is 0 Å². The van der Waals surface area contributed by atoms with Crippen LogP contribution in [-0.4, -0.2) is 53.1 Å². The number of aliphatic hydroxyl groups is 1. The summed E-state index contributed by atoms with van der Waals surface area (Å²) in [5, 5.41) is 12.6. The molecule has 0 bridgehead atoms. The largest absolute Gasteiger partial charge is 0.443 e. The molecule has 1 N–H and O–H groups in total. The molecule has 0 aromatic heterocycles. The van der Waals surface area contributed by atoms with Crippen molar-refractivity contribution in [3.05, 3.63) is 0 Å². The van der Waals surface area contributed by atoms with Gasteiger partial charge in [0.25, 0.3) is 0 Å². The fourth-order valence-corrected chi connectivity index (χ4v) is 1.88. The number of rotatable bonds is 3. The molecular formula is C12H24N2O3. The molecule has 0 spiro atoms. The first-order chi connectivity index (χ1) is 7.94. The Morgan fingerprint density at radius 3 is 2.35 bits per heavy atom. The maximum absolute atomic E-state index is 12.0. The van der Waals surface area contributed by atoms with Crippen molar-refractivity contribution in [3.63, 3.8) is 0 Å². The van der Waals surface area contributed by atoms with Crippen molar-refractivity contribution in [1.82, 2.24) is 10.0 Å². The molecule has 5 heteroatoms. The molecular weight excluding hydrogens is 220 g/mol. The lowest BCUT2D eigenvalue weighted by atomic mass is 10.2. The maximum Gasteiger partial charge on any atom is 0.425 e. The number of carbonyl (C=O) groups is 1. The van der Waals surface area contributed by atoms with Crippen LogP contribution in [-0.2, 0) is 4.74 Å². The number of hydrogen-bond donors (Lipinski definition) is 1. The Balaban J connectivity index is 2.60.